The molecule has 196 valence electrons. The molecule has 0 unspecified atom stereocenters. The van der Waals surface area contributed by atoms with Gasteiger partial charge in [0.1, 0.15) is 6.04 Å². The Morgan fingerprint density at radius 3 is 2.46 bits per heavy atom. The summed E-state index contributed by atoms with van der Waals surface area (Å²) in [5, 5.41) is 4.21. The quantitative estimate of drug-likeness (QED) is 0.201. The first kappa shape index (κ1) is 29.6. The van der Waals surface area contributed by atoms with Crippen molar-refractivity contribution in [1.29, 1.82) is 0 Å². The number of halogens is 3. The first-order chi connectivity index (χ1) is 17.9. The fraction of sp³-hybridized carbons (Fsp3) is 0.310. The van der Waals surface area contributed by atoms with Crippen LogP contribution in [0.15, 0.2) is 77.3 Å². The van der Waals surface area contributed by atoms with Gasteiger partial charge in [0.05, 0.1) is 5.75 Å². The highest BCUT2D eigenvalue weighted by atomic mass is 79.9. The fourth-order valence-corrected chi connectivity index (χ4v) is 5.78. The molecule has 3 aromatic rings. The minimum atomic E-state index is -0.634. The van der Waals surface area contributed by atoms with E-state index in [9.17, 15) is 9.59 Å². The monoisotopic (exact) mass is 620 g/mol. The standard InChI is InChI=1S/C29H31BrCl2N2O2S/c1-2-3-14-33-29(36)27(16-21-8-5-4-6-9-21)34(18-22-10-7-11-24(30)15-22)28(35)20-37-19-23-12-13-25(31)17-26(23)32/h4-13,15,17,27H,2-3,14,16,18-20H2,1H3,(H,33,36)/t27-/m0/s1. The van der Waals surface area contributed by atoms with Gasteiger partial charge < -0.3 is 10.2 Å². The Kier molecular flexibility index (Phi) is 12.3. The zero-order valence-corrected chi connectivity index (χ0v) is 24.7. The van der Waals surface area contributed by atoms with Crippen LogP contribution in [0.4, 0.5) is 0 Å². The second-order valence-electron chi connectivity index (χ2n) is 8.73. The van der Waals surface area contributed by atoms with Crippen LogP contribution < -0.4 is 5.32 Å². The van der Waals surface area contributed by atoms with Gasteiger partial charge in [0.25, 0.3) is 0 Å². The zero-order chi connectivity index (χ0) is 26.6. The van der Waals surface area contributed by atoms with E-state index in [-0.39, 0.29) is 17.6 Å². The maximum Gasteiger partial charge on any atom is 0.243 e. The molecule has 37 heavy (non-hydrogen) atoms. The van der Waals surface area contributed by atoms with Crippen molar-refractivity contribution in [2.75, 3.05) is 12.3 Å². The molecule has 3 rings (SSSR count). The van der Waals surface area contributed by atoms with Crippen molar-refractivity contribution in [3.63, 3.8) is 0 Å². The minimum Gasteiger partial charge on any atom is -0.354 e. The number of carbonyl (C=O) groups is 2. The van der Waals surface area contributed by atoms with Crippen molar-refractivity contribution in [2.24, 2.45) is 0 Å². The van der Waals surface area contributed by atoms with E-state index in [4.69, 9.17) is 23.2 Å². The van der Waals surface area contributed by atoms with Gasteiger partial charge in [-0.25, -0.2) is 0 Å². The van der Waals surface area contributed by atoms with Gasteiger partial charge in [-0.1, -0.05) is 101 Å². The van der Waals surface area contributed by atoms with Gasteiger partial charge in [0.2, 0.25) is 11.8 Å². The molecule has 0 saturated carbocycles. The van der Waals surface area contributed by atoms with Gasteiger partial charge in [-0.05, 0) is 47.4 Å². The molecule has 1 N–H and O–H groups in total. The molecule has 0 heterocycles. The third-order valence-electron chi connectivity index (χ3n) is 5.84. The Hall–Kier alpha value is -1.99. The summed E-state index contributed by atoms with van der Waals surface area (Å²) in [6.07, 6.45) is 2.31. The molecule has 8 heteroatoms. The fourth-order valence-electron chi connectivity index (χ4n) is 3.86. The van der Waals surface area contributed by atoms with Crippen LogP contribution in [0, 0.1) is 0 Å². The van der Waals surface area contributed by atoms with Crippen molar-refractivity contribution in [2.45, 2.75) is 44.5 Å². The smallest absolute Gasteiger partial charge is 0.243 e. The van der Waals surface area contributed by atoms with Crippen LogP contribution in [0.1, 0.15) is 36.5 Å². The molecule has 0 bridgehead atoms. The first-order valence-electron chi connectivity index (χ1n) is 12.2. The van der Waals surface area contributed by atoms with Gasteiger partial charge in [0, 0.05) is 39.8 Å². The summed E-state index contributed by atoms with van der Waals surface area (Å²) in [5.74, 6) is 0.562. The predicted octanol–water partition coefficient (Wildman–Crippen LogP) is 7.55. The summed E-state index contributed by atoms with van der Waals surface area (Å²) in [6.45, 7) is 3.00. The van der Waals surface area contributed by atoms with Gasteiger partial charge in [-0.2, -0.15) is 0 Å². The molecule has 0 aromatic heterocycles. The Bertz CT molecular complexity index is 1180. The lowest BCUT2D eigenvalue weighted by atomic mass is 10.0. The first-order valence-corrected chi connectivity index (χ1v) is 14.9. The summed E-state index contributed by atoms with van der Waals surface area (Å²) in [4.78, 5) is 28.8. The summed E-state index contributed by atoms with van der Waals surface area (Å²) in [5.41, 5.74) is 2.87. The number of benzene rings is 3. The Morgan fingerprint density at radius 1 is 1.00 bits per heavy atom. The third kappa shape index (κ3) is 9.68. The van der Waals surface area contributed by atoms with Crippen molar-refractivity contribution in [3.8, 4) is 0 Å². The molecule has 0 radical (unpaired) electrons. The van der Waals surface area contributed by atoms with Crippen LogP contribution >= 0.6 is 50.9 Å². The average molecular weight is 622 g/mol. The van der Waals surface area contributed by atoms with Crippen LogP contribution in [0.3, 0.4) is 0 Å². The number of carbonyl (C=O) groups excluding carboxylic acids is 2. The summed E-state index contributed by atoms with van der Waals surface area (Å²) < 4.78 is 0.927. The zero-order valence-electron chi connectivity index (χ0n) is 20.8. The van der Waals surface area contributed by atoms with Gasteiger partial charge >= 0.3 is 0 Å². The van der Waals surface area contributed by atoms with E-state index in [2.05, 4.69) is 28.2 Å². The number of hydrogen-bond acceptors (Lipinski definition) is 3. The lowest BCUT2D eigenvalue weighted by Gasteiger charge is -2.31. The molecule has 0 saturated heterocycles. The van der Waals surface area contributed by atoms with Crippen LogP contribution in [-0.2, 0) is 28.3 Å². The molecule has 0 aliphatic heterocycles. The number of unbranched alkanes of at least 4 members (excludes halogenated alkanes) is 1. The lowest BCUT2D eigenvalue weighted by Crippen LogP contribution is -2.51. The molecule has 0 aliphatic carbocycles. The van der Waals surface area contributed by atoms with Crippen molar-refractivity contribution < 1.29 is 9.59 Å². The van der Waals surface area contributed by atoms with Crippen LogP contribution in [0.2, 0.25) is 10.0 Å². The highest BCUT2D eigenvalue weighted by Gasteiger charge is 2.30. The Balaban J connectivity index is 1.83. The SMILES string of the molecule is CCCCNC(=O)[C@H](Cc1ccccc1)N(Cc1cccc(Br)c1)C(=O)CSCc1ccc(Cl)cc1Cl. The van der Waals surface area contributed by atoms with Crippen LogP contribution in [-0.4, -0.2) is 35.1 Å². The molecule has 1 atom stereocenters. The van der Waals surface area contributed by atoms with Crippen molar-refractivity contribution in [1.82, 2.24) is 10.2 Å². The normalized spacial score (nSPS) is 11.7. The lowest BCUT2D eigenvalue weighted by molar-refractivity contribution is -0.139. The Labute approximate surface area is 242 Å². The maximum atomic E-state index is 13.7. The number of rotatable bonds is 13. The second kappa shape index (κ2) is 15.4. The molecule has 0 fully saturated rings. The average Bonchev–Trinajstić information content (AvgIpc) is 2.88. The molecule has 0 aliphatic rings. The number of thioether (sulfide) groups is 1. The van der Waals surface area contributed by atoms with Crippen LogP contribution in [0.5, 0.6) is 0 Å². The molecular formula is C29H31BrCl2N2O2S. The minimum absolute atomic E-state index is 0.0957. The number of nitrogens with zero attached hydrogens (tertiary/aromatic N) is 1. The topological polar surface area (TPSA) is 49.4 Å². The number of hydrogen-bond donors (Lipinski definition) is 1. The summed E-state index contributed by atoms with van der Waals surface area (Å²) >= 11 is 17.3. The predicted molar refractivity (Wildman–Crippen MR) is 159 cm³/mol. The third-order valence-corrected chi connectivity index (χ3v) is 7.89. The maximum absolute atomic E-state index is 13.7. The molecule has 3 aromatic carbocycles. The molecular weight excluding hydrogens is 591 g/mol. The van der Waals surface area contributed by atoms with E-state index in [0.717, 1.165) is 34.0 Å². The van der Waals surface area contributed by atoms with Crippen LogP contribution in [0.25, 0.3) is 0 Å². The van der Waals surface area contributed by atoms with Crippen molar-refractivity contribution in [3.05, 3.63) is 104 Å². The molecule has 4 nitrogen and oxygen atoms in total. The van der Waals surface area contributed by atoms with E-state index in [1.54, 1.807) is 17.0 Å². The van der Waals surface area contributed by atoms with E-state index in [1.165, 1.54) is 11.8 Å². The summed E-state index contributed by atoms with van der Waals surface area (Å²) in [6, 6.07) is 22.4. The van der Waals surface area contributed by atoms with Crippen molar-refractivity contribution >= 4 is 62.7 Å². The number of amides is 2. The van der Waals surface area contributed by atoms with E-state index in [1.807, 2.05) is 60.7 Å². The van der Waals surface area contributed by atoms with E-state index in [0.29, 0.717) is 35.3 Å². The molecule has 2 amide bonds. The van der Waals surface area contributed by atoms with E-state index >= 15 is 0 Å². The Morgan fingerprint density at radius 2 is 1.76 bits per heavy atom. The van der Waals surface area contributed by atoms with Gasteiger partial charge in [-0.3, -0.25) is 9.59 Å². The van der Waals surface area contributed by atoms with Gasteiger partial charge in [0.15, 0.2) is 0 Å². The largest absolute Gasteiger partial charge is 0.354 e. The van der Waals surface area contributed by atoms with E-state index < -0.39 is 6.04 Å². The molecule has 0 spiro atoms. The highest BCUT2D eigenvalue weighted by Crippen LogP contribution is 2.25. The van der Waals surface area contributed by atoms with Gasteiger partial charge in [-0.15, -0.1) is 11.8 Å². The highest BCUT2D eigenvalue weighted by molar-refractivity contribution is 9.10. The number of nitrogens with one attached hydrogen (secondary N) is 1. The summed E-state index contributed by atoms with van der Waals surface area (Å²) in [7, 11) is 0. The second-order valence-corrected chi connectivity index (χ2v) is 11.5.